The fraction of sp³-hybridized carbons (Fsp3) is 0.214. The van der Waals surface area contributed by atoms with E-state index in [-0.39, 0.29) is 12.1 Å². The number of hydrogen-bond acceptors (Lipinski definition) is 5. The largest absolute Gasteiger partial charge is 0.490 e. The minimum absolute atomic E-state index is 0.246. The average molecular weight is 554 g/mol. The minimum atomic E-state index is -0.313. The molecule has 0 unspecified atom stereocenters. The number of benzene rings is 2. The molecule has 0 bridgehead atoms. The van der Waals surface area contributed by atoms with E-state index in [0.717, 1.165) is 34.0 Å². The summed E-state index contributed by atoms with van der Waals surface area (Å²) in [7, 11) is 1.63. The van der Waals surface area contributed by atoms with Crippen molar-refractivity contribution >= 4 is 46.2 Å². The summed E-state index contributed by atoms with van der Waals surface area (Å²) in [6.45, 7) is 2.90. The highest BCUT2D eigenvalue weighted by molar-refractivity contribution is 7.80. The van der Waals surface area contributed by atoms with Gasteiger partial charge in [0.25, 0.3) is 0 Å². The maximum atomic E-state index is 6.59. The Morgan fingerprint density at radius 3 is 2.68 bits per heavy atom. The molecule has 0 spiro atoms. The fourth-order valence-electron chi connectivity index (χ4n) is 4.43. The molecule has 0 amide bonds. The third-order valence-corrected chi connectivity index (χ3v) is 7.07. The van der Waals surface area contributed by atoms with Gasteiger partial charge < -0.3 is 24.1 Å². The predicted octanol–water partition coefficient (Wildman–Crippen LogP) is 7.16. The summed E-state index contributed by atoms with van der Waals surface area (Å²) in [4.78, 5) is 6.60. The SMILES string of the molecule is COCCOc1ccc(N2C(=S)N[C@H](c3ccccn3)[C@@H]2c2ccc(-c3cc(Cl)ccc3C)o2)cc1Cl. The molecule has 1 aliphatic heterocycles. The molecule has 1 N–H and O–H groups in total. The third-order valence-electron chi connectivity index (χ3n) is 6.22. The summed E-state index contributed by atoms with van der Waals surface area (Å²) >= 11 is 18.7. The minimum Gasteiger partial charge on any atom is -0.490 e. The number of furan rings is 1. The number of rotatable bonds is 8. The van der Waals surface area contributed by atoms with E-state index < -0.39 is 0 Å². The van der Waals surface area contributed by atoms with E-state index in [9.17, 15) is 0 Å². The summed E-state index contributed by atoms with van der Waals surface area (Å²) in [5, 5.41) is 5.11. The number of nitrogens with zero attached hydrogens (tertiary/aromatic N) is 2. The lowest BCUT2D eigenvalue weighted by Crippen LogP contribution is -2.29. The van der Waals surface area contributed by atoms with Gasteiger partial charge in [-0.25, -0.2) is 0 Å². The Bertz CT molecular complexity index is 1410. The molecule has 5 rings (SSSR count). The maximum Gasteiger partial charge on any atom is 0.174 e. The van der Waals surface area contributed by atoms with Gasteiger partial charge in [-0.1, -0.05) is 35.3 Å². The summed E-state index contributed by atoms with van der Waals surface area (Å²) < 4.78 is 17.3. The number of thiocarbonyl (C=S) groups is 1. The molecule has 3 heterocycles. The summed E-state index contributed by atoms with van der Waals surface area (Å²) in [6.07, 6.45) is 1.77. The van der Waals surface area contributed by atoms with Gasteiger partial charge >= 0.3 is 0 Å². The van der Waals surface area contributed by atoms with Gasteiger partial charge in [-0.05, 0) is 79.3 Å². The second-order valence-corrected chi connectivity index (χ2v) is 9.84. The standard InChI is InChI=1S/C28H25Cl2N3O3S/c1-17-6-7-18(29)15-20(17)23-10-11-25(36-23)27-26(22-5-3-4-12-31-22)32-28(37)33(27)19-8-9-24(21(30)16-19)35-14-13-34-2/h3-12,15-16,26-27H,13-14H2,1-2H3,(H,32,37)/t26-,27+/m1/s1. The molecular formula is C28H25Cl2N3O3S. The number of aromatic nitrogens is 1. The predicted molar refractivity (Wildman–Crippen MR) is 151 cm³/mol. The first-order valence-electron chi connectivity index (χ1n) is 11.7. The Kier molecular flexibility index (Phi) is 7.67. The molecular weight excluding hydrogens is 529 g/mol. The van der Waals surface area contributed by atoms with E-state index in [2.05, 4.69) is 10.3 Å². The maximum absolute atomic E-state index is 6.59. The van der Waals surface area contributed by atoms with Gasteiger partial charge in [0.1, 0.15) is 29.9 Å². The first-order valence-corrected chi connectivity index (χ1v) is 12.9. The van der Waals surface area contributed by atoms with Crippen LogP contribution in [0.15, 0.2) is 77.3 Å². The molecule has 0 saturated carbocycles. The number of nitrogens with one attached hydrogen (secondary N) is 1. The Balaban J connectivity index is 1.55. The molecule has 1 saturated heterocycles. The molecule has 1 aliphatic rings. The van der Waals surface area contributed by atoms with Crippen LogP contribution in [0.3, 0.4) is 0 Å². The lowest BCUT2D eigenvalue weighted by Gasteiger charge is -2.26. The molecule has 0 aliphatic carbocycles. The van der Waals surface area contributed by atoms with Crippen LogP contribution in [-0.2, 0) is 4.74 Å². The monoisotopic (exact) mass is 553 g/mol. The van der Waals surface area contributed by atoms with Crippen molar-refractivity contribution in [1.82, 2.24) is 10.3 Å². The summed E-state index contributed by atoms with van der Waals surface area (Å²) in [5.41, 5.74) is 3.66. The Labute approximate surface area is 231 Å². The lowest BCUT2D eigenvalue weighted by molar-refractivity contribution is 0.146. The van der Waals surface area contributed by atoms with Gasteiger partial charge in [0.05, 0.1) is 23.4 Å². The van der Waals surface area contributed by atoms with E-state index >= 15 is 0 Å². The second kappa shape index (κ2) is 11.1. The Morgan fingerprint density at radius 1 is 1.05 bits per heavy atom. The highest BCUT2D eigenvalue weighted by Crippen LogP contribution is 2.44. The van der Waals surface area contributed by atoms with Crippen LogP contribution in [0.1, 0.15) is 29.1 Å². The van der Waals surface area contributed by atoms with Crippen molar-refractivity contribution in [3.8, 4) is 17.1 Å². The number of methoxy groups -OCH3 is 1. The molecule has 9 heteroatoms. The molecule has 2 atom stereocenters. The van der Waals surface area contributed by atoms with Crippen LogP contribution in [-0.4, -0.2) is 30.4 Å². The highest BCUT2D eigenvalue weighted by atomic mass is 35.5. The van der Waals surface area contributed by atoms with Crippen molar-refractivity contribution in [1.29, 1.82) is 0 Å². The first-order chi connectivity index (χ1) is 18.0. The van der Waals surface area contributed by atoms with Crippen LogP contribution in [0.2, 0.25) is 10.0 Å². The zero-order valence-corrected chi connectivity index (χ0v) is 22.6. The molecule has 190 valence electrons. The van der Waals surface area contributed by atoms with Crippen molar-refractivity contribution < 1.29 is 13.9 Å². The van der Waals surface area contributed by atoms with Crippen molar-refractivity contribution in [2.24, 2.45) is 0 Å². The van der Waals surface area contributed by atoms with E-state index in [1.807, 2.05) is 78.6 Å². The van der Waals surface area contributed by atoms with Crippen LogP contribution < -0.4 is 15.0 Å². The molecule has 1 fully saturated rings. The molecule has 37 heavy (non-hydrogen) atoms. The van der Waals surface area contributed by atoms with Crippen LogP contribution >= 0.6 is 35.4 Å². The van der Waals surface area contributed by atoms with Gasteiger partial charge in [-0.2, -0.15) is 0 Å². The van der Waals surface area contributed by atoms with Gasteiger partial charge in [-0.15, -0.1) is 0 Å². The molecule has 6 nitrogen and oxygen atoms in total. The molecule has 2 aromatic carbocycles. The van der Waals surface area contributed by atoms with E-state index in [4.69, 9.17) is 49.3 Å². The number of pyridine rings is 1. The smallest absolute Gasteiger partial charge is 0.174 e. The van der Waals surface area contributed by atoms with Crippen LogP contribution in [0, 0.1) is 6.92 Å². The summed E-state index contributed by atoms with van der Waals surface area (Å²) in [5.74, 6) is 2.04. The Morgan fingerprint density at radius 2 is 1.92 bits per heavy atom. The normalized spacial score (nSPS) is 17.2. The van der Waals surface area contributed by atoms with Crippen molar-refractivity contribution in [2.45, 2.75) is 19.0 Å². The van der Waals surface area contributed by atoms with E-state index in [0.29, 0.717) is 34.1 Å². The van der Waals surface area contributed by atoms with E-state index in [1.165, 1.54) is 0 Å². The number of halogens is 2. The quantitative estimate of drug-likeness (QED) is 0.183. The highest BCUT2D eigenvalue weighted by Gasteiger charge is 2.42. The van der Waals surface area contributed by atoms with Crippen molar-refractivity contribution in [3.63, 3.8) is 0 Å². The van der Waals surface area contributed by atoms with Crippen LogP contribution in [0.4, 0.5) is 5.69 Å². The first kappa shape index (κ1) is 25.5. The topological polar surface area (TPSA) is 59.8 Å². The third kappa shape index (κ3) is 5.31. The Hall–Kier alpha value is -3.10. The zero-order chi connectivity index (χ0) is 25.9. The number of anilines is 1. The van der Waals surface area contributed by atoms with Gasteiger partial charge in [-0.3, -0.25) is 4.98 Å². The van der Waals surface area contributed by atoms with Crippen LogP contribution in [0.5, 0.6) is 5.75 Å². The second-order valence-electron chi connectivity index (χ2n) is 8.61. The van der Waals surface area contributed by atoms with Gasteiger partial charge in [0, 0.05) is 29.6 Å². The van der Waals surface area contributed by atoms with Gasteiger partial charge in [0.15, 0.2) is 5.11 Å². The number of aryl methyl sites for hydroxylation is 1. The lowest BCUT2D eigenvalue weighted by atomic mass is 10.0. The number of ether oxygens (including phenoxy) is 2. The fourth-order valence-corrected chi connectivity index (χ4v) is 5.18. The zero-order valence-electron chi connectivity index (χ0n) is 20.3. The van der Waals surface area contributed by atoms with E-state index in [1.54, 1.807) is 13.3 Å². The average Bonchev–Trinajstić information content (AvgIpc) is 3.51. The number of hydrogen-bond donors (Lipinski definition) is 1. The summed E-state index contributed by atoms with van der Waals surface area (Å²) in [6, 6.07) is 20.6. The molecule has 2 aromatic heterocycles. The van der Waals surface area contributed by atoms with Gasteiger partial charge in [0.2, 0.25) is 0 Å². The van der Waals surface area contributed by atoms with Crippen molar-refractivity contribution in [2.75, 3.05) is 25.2 Å². The van der Waals surface area contributed by atoms with Crippen LogP contribution in [0.25, 0.3) is 11.3 Å². The molecule has 0 radical (unpaired) electrons. The van der Waals surface area contributed by atoms with Crippen molar-refractivity contribution in [3.05, 3.63) is 100.0 Å². The molecule has 4 aromatic rings.